The van der Waals surface area contributed by atoms with E-state index in [0.717, 1.165) is 24.7 Å². The zero-order valence-electron chi connectivity index (χ0n) is 12.9. The van der Waals surface area contributed by atoms with Crippen molar-refractivity contribution >= 4 is 14.6 Å². The molecule has 1 saturated carbocycles. The van der Waals surface area contributed by atoms with Gasteiger partial charge in [-0.3, -0.25) is 4.79 Å². The van der Waals surface area contributed by atoms with Gasteiger partial charge < -0.3 is 4.43 Å². The average Bonchev–Trinajstić information content (AvgIpc) is 2.46. The zero-order chi connectivity index (χ0) is 14.6. The Morgan fingerprint density at radius 2 is 1.70 bits per heavy atom. The molecule has 2 nitrogen and oxygen atoms in total. The van der Waals surface area contributed by atoms with E-state index >= 15 is 0 Å². The lowest BCUT2D eigenvalue weighted by Gasteiger charge is -2.42. The largest absolute Gasteiger partial charge is 0.401 e. The molecule has 1 aliphatic carbocycles. The van der Waals surface area contributed by atoms with Crippen molar-refractivity contribution in [2.24, 2.45) is 5.92 Å². The first-order chi connectivity index (χ1) is 9.48. The van der Waals surface area contributed by atoms with Gasteiger partial charge >= 0.3 is 0 Å². The van der Waals surface area contributed by atoms with E-state index in [4.69, 9.17) is 4.43 Å². The smallest absolute Gasteiger partial charge is 0.185 e. The quantitative estimate of drug-likeness (QED) is 0.589. The lowest BCUT2D eigenvalue weighted by molar-refractivity contribution is -0.130. The Hall–Kier alpha value is -0.933. The molecule has 0 aliphatic heterocycles. The van der Waals surface area contributed by atoms with Gasteiger partial charge in [0.15, 0.2) is 14.6 Å². The van der Waals surface area contributed by atoms with Gasteiger partial charge in [0.05, 0.1) is 0 Å². The van der Waals surface area contributed by atoms with E-state index in [1.807, 2.05) is 30.3 Å². The first-order valence-corrected chi connectivity index (χ1v) is 11.1. The molecule has 0 aromatic heterocycles. The summed E-state index contributed by atoms with van der Waals surface area (Å²) in [7, 11) is -1.81. The van der Waals surface area contributed by atoms with Crippen molar-refractivity contribution in [2.75, 3.05) is 0 Å². The summed E-state index contributed by atoms with van der Waals surface area (Å²) in [6, 6.07) is 10.1. The maximum Gasteiger partial charge on any atom is 0.185 e. The van der Waals surface area contributed by atoms with Crippen LogP contribution in [0.5, 0.6) is 0 Å². The van der Waals surface area contributed by atoms with Crippen molar-refractivity contribution in [1.29, 1.82) is 0 Å². The molecule has 0 saturated heterocycles. The highest BCUT2D eigenvalue weighted by Gasteiger charge is 2.44. The van der Waals surface area contributed by atoms with Gasteiger partial charge in [-0.15, -0.1) is 0 Å². The van der Waals surface area contributed by atoms with Crippen molar-refractivity contribution in [3.8, 4) is 0 Å². The van der Waals surface area contributed by atoms with E-state index < -0.39 is 13.9 Å². The Labute approximate surface area is 123 Å². The molecule has 110 valence electrons. The summed E-state index contributed by atoms with van der Waals surface area (Å²) in [6.45, 7) is 6.49. The number of carbonyl (C=O) groups excluding carboxylic acids is 1. The minimum atomic E-state index is -1.81. The third kappa shape index (κ3) is 3.39. The summed E-state index contributed by atoms with van der Waals surface area (Å²) in [5, 5.41) is 0. The van der Waals surface area contributed by atoms with Crippen molar-refractivity contribution in [2.45, 2.75) is 57.3 Å². The third-order valence-corrected chi connectivity index (χ3v) is 5.04. The lowest BCUT2D eigenvalue weighted by Crippen LogP contribution is -2.47. The Bertz CT molecular complexity index is 432. The van der Waals surface area contributed by atoms with Gasteiger partial charge in [-0.05, 0) is 44.0 Å². The first kappa shape index (κ1) is 15.5. The van der Waals surface area contributed by atoms with Crippen LogP contribution in [-0.2, 0) is 14.8 Å². The van der Waals surface area contributed by atoms with E-state index in [9.17, 15) is 4.79 Å². The number of carbonyl (C=O) groups is 1. The van der Waals surface area contributed by atoms with Gasteiger partial charge in [0.1, 0.15) is 5.60 Å². The minimum absolute atomic E-state index is 0.322. The van der Waals surface area contributed by atoms with Crippen LogP contribution < -0.4 is 0 Å². The van der Waals surface area contributed by atoms with Crippen LogP contribution in [0, 0.1) is 5.92 Å². The van der Waals surface area contributed by atoms with Crippen molar-refractivity contribution < 1.29 is 9.22 Å². The van der Waals surface area contributed by atoms with Crippen LogP contribution in [0.15, 0.2) is 30.3 Å². The molecule has 1 aliphatic rings. The molecule has 0 amide bonds. The average molecular weight is 290 g/mol. The fourth-order valence-corrected chi connectivity index (χ4v) is 4.65. The van der Waals surface area contributed by atoms with Gasteiger partial charge in [0.25, 0.3) is 0 Å². The summed E-state index contributed by atoms with van der Waals surface area (Å²) in [5.74, 6) is 0.322. The zero-order valence-corrected chi connectivity index (χ0v) is 13.9. The molecule has 0 heterocycles. The van der Waals surface area contributed by atoms with Gasteiger partial charge in [-0.2, -0.15) is 0 Å². The van der Waals surface area contributed by atoms with Gasteiger partial charge in [0, 0.05) is 0 Å². The third-order valence-electron chi connectivity index (χ3n) is 4.09. The highest BCUT2D eigenvalue weighted by Crippen LogP contribution is 2.42. The maximum atomic E-state index is 12.1. The SMILES string of the molecule is C[Si](C)(C)OC(C=O)(c1ccccc1)C1CCCCC1. The molecule has 3 heteroatoms. The van der Waals surface area contributed by atoms with Crippen LogP contribution >= 0.6 is 0 Å². The molecular weight excluding hydrogens is 264 g/mol. The number of hydrogen-bond acceptors (Lipinski definition) is 2. The molecule has 20 heavy (non-hydrogen) atoms. The molecule has 1 atom stereocenters. The van der Waals surface area contributed by atoms with Crippen LogP contribution in [0.25, 0.3) is 0 Å². The standard InChI is InChI=1S/C17H26O2Si/c1-20(2,3)19-17(14-18,15-10-6-4-7-11-15)16-12-8-5-9-13-16/h4,6-7,10-11,14,16H,5,8-9,12-13H2,1-3H3. The van der Waals surface area contributed by atoms with Gasteiger partial charge in [-0.25, -0.2) is 0 Å². The van der Waals surface area contributed by atoms with E-state index in [0.29, 0.717) is 5.92 Å². The fraction of sp³-hybridized carbons (Fsp3) is 0.588. The topological polar surface area (TPSA) is 26.3 Å². The number of rotatable bonds is 5. The van der Waals surface area contributed by atoms with Crippen LogP contribution in [0.3, 0.4) is 0 Å². The minimum Gasteiger partial charge on any atom is -0.401 e. The Balaban J connectivity index is 2.42. The molecule has 1 aromatic carbocycles. The molecule has 1 unspecified atom stereocenters. The summed E-state index contributed by atoms with van der Waals surface area (Å²) in [5.41, 5.74) is 0.302. The fourth-order valence-electron chi connectivity index (χ4n) is 3.30. The number of benzene rings is 1. The summed E-state index contributed by atoms with van der Waals surface area (Å²) >= 11 is 0. The van der Waals surface area contributed by atoms with E-state index in [-0.39, 0.29) is 0 Å². The van der Waals surface area contributed by atoms with Crippen molar-refractivity contribution in [3.63, 3.8) is 0 Å². The lowest BCUT2D eigenvalue weighted by atomic mass is 9.74. The van der Waals surface area contributed by atoms with Crippen molar-refractivity contribution in [1.82, 2.24) is 0 Å². The van der Waals surface area contributed by atoms with Gasteiger partial charge in [0.2, 0.25) is 0 Å². The monoisotopic (exact) mass is 290 g/mol. The molecule has 0 N–H and O–H groups in total. The van der Waals surface area contributed by atoms with Crippen LogP contribution in [0.4, 0.5) is 0 Å². The second kappa shape index (κ2) is 6.23. The molecule has 1 aromatic rings. The Morgan fingerprint density at radius 3 is 2.20 bits per heavy atom. The van der Waals surface area contributed by atoms with E-state index in [2.05, 4.69) is 19.6 Å². The number of aldehydes is 1. The van der Waals surface area contributed by atoms with E-state index in [1.165, 1.54) is 19.3 Å². The molecule has 1 fully saturated rings. The number of hydrogen-bond donors (Lipinski definition) is 0. The second-order valence-corrected chi connectivity index (χ2v) is 11.3. The van der Waals surface area contributed by atoms with Crippen molar-refractivity contribution in [3.05, 3.63) is 35.9 Å². The maximum absolute atomic E-state index is 12.1. The second-order valence-electron chi connectivity index (χ2n) is 6.83. The molecule has 0 bridgehead atoms. The molecule has 2 rings (SSSR count). The Morgan fingerprint density at radius 1 is 1.10 bits per heavy atom. The highest BCUT2D eigenvalue weighted by atomic mass is 28.4. The van der Waals surface area contributed by atoms with Crippen LogP contribution in [0.1, 0.15) is 37.7 Å². The molecule has 0 radical (unpaired) electrons. The molecule has 0 spiro atoms. The van der Waals surface area contributed by atoms with Crippen LogP contribution in [-0.4, -0.2) is 14.6 Å². The van der Waals surface area contributed by atoms with Gasteiger partial charge in [-0.1, -0.05) is 49.6 Å². The summed E-state index contributed by atoms with van der Waals surface area (Å²) in [4.78, 5) is 12.1. The predicted octanol–water partition coefficient (Wildman–Crippen LogP) is 4.51. The normalized spacial score (nSPS) is 20.4. The van der Waals surface area contributed by atoms with Crippen LogP contribution in [0.2, 0.25) is 19.6 Å². The highest BCUT2D eigenvalue weighted by molar-refractivity contribution is 6.70. The summed E-state index contributed by atoms with van der Waals surface area (Å²) in [6.07, 6.45) is 6.98. The van der Waals surface area contributed by atoms with E-state index in [1.54, 1.807) is 0 Å². The Kier molecular flexibility index (Phi) is 4.81. The predicted molar refractivity (Wildman–Crippen MR) is 85.2 cm³/mol. The molecular formula is C17H26O2Si. The summed E-state index contributed by atoms with van der Waals surface area (Å²) < 4.78 is 6.47. The first-order valence-electron chi connectivity index (χ1n) is 7.70.